The van der Waals surface area contributed by atoms with E-state index in [1.807, 2.05) is 24.3 Å². The molecule has 2 rings (SSSR count). The number of ether oxygens (including phenoxy) is 1. The smallest absolute Gasteiger partial charge is 0.119 e. The maximum absolute atomic E-state index is 10.2. The molecule has 4 heteroatoms. The molecular formula is C14H21NO3. The summed E-state index contributed by atoms with van der Waals surface area (Å²) in [6.07, 6.45) is 0.461. The predicted molar refractivity (Wildman–Crippen MR) is 69.6 cm³/mol. The molecular weight excluding hydrogens is 230 g/mol. The van der Waals surface area contributed by atoms with Crippen LogP contribution in [0.5, 0.6) is 5.75 Å². The van der Waals surface area contributed by atoms with E-state index in [1.54, 1.807) is 7.11 Å². The highest BCUT2D eigenvalue weighted by Gasteiger charge is 2.25. The first-order valence-corrected chi connectivity index (χ1v) is 6.41. The van der Waals surface area contributed by atoms with E-state index >= 15 is 0 Å². The van der Waals surface area contributed by atoms with Crippen LogP contribution in [-0.4, -0.2) is 36.5 Å². The molecule has 0 saturated carbocycles. The van der Waals surface area contributed by atoms with Crippen LogP contribution in [0, 0.1) is 5.92 Å². The van der Waals surface area contributed by atoms with E-state index in [-0.39, 0.29) is 12.0 Å². The van der Waals surface area contributed by atoms with Crippen LogP contribution in [-0.2, 0) is 0 Å². The van der Waals surface area contributed by atoms with Crippen LogP contribution in [0.15, 0.2) is 24.3 Å². The SMILES string of the molecule is COc1cccc(C(O)CC2CNCCC2O)c1. The zero-order chi connectivity index (χ0) is 13.0. The van der Waals surface area contributed by atoms with E-state index in [2.05, 4.69) is 5.32 Å². The minimum Gasteiger partial charge on any atom is -0.497 e. The Labute approximate surface area is 108 Å². The summed E-state index contributed by atoms with van der Waals surface area (Å²) in [5.41, 5.74) is 0.840. The van der Waals surface area contributed by atoms with Crippen molar-refractivity contribution in [1.82, 2.24) is 5.32 Å². The van der Waals surface area contributed by atoms with Gasteiger partial charge in [0.2, 0.25) is 0 Å². The maximum atomic E-state index is 10.2. The van der Waals surface area contributed by atoms with Crippen LogP contribution in [0.4, 0.5) is 0 Å². The van der Waals surface area contributed by atoms with Gasteiger partial charge in [-0.1, -0.05) is 12.1 Å². The van der Waals surface area contributed by atoms with Crippen LogP contribution in [0.25, 0.3) is 0 Å². The van der Waals surface area contributed by atoms with Gasteiger partial charge in [0, 0.05) is 12.5 Å². The highest BCUT2D eigenvalue weighted by molar-refractivity contribution is 5.29. The van der Waals surface area contributed by atoms with Crippen LogP contribution in [0.2, 0.25) is 0 Å². The first kappa shape index (κ1) is 13.3. The van der Waals surface area contributed by atoms with E-state index in [0.717, 1.165) is 30.8 Å². The van der Waals surface area contributed by atoms with Gasteiger partial charge in [0.25, 0.3) is 0 Å². The van der Waals surface area contributed by atoms with E-state index in [9.17, 15) is 10.2 Å². The van der Waals surface area contributed by atoms with Crippen molar-refractivity contribution in [2.45, 2.75) is 25.0 Å². The molecule has 100 valence electrons. The molecule has 0 spiro atoms. The lowest BCUT2D eigenvalue weighted by molar-refractivity contribution is 0.0412. The molecule has 1 fully saturated rings. The summed E-state index contributed by atoms with van der Waals surface area (Å²) in [5.74, 6) is 0.855. The fourth-order valence-electron chi connectivity index (χ4n) is 2.42. The average molecular weight is 251 g/mol. The Morgan fingerprint density at radius 3 is 3.06 bits per heavy atom. The standard InChI is InChI=1S/C14H21NO3/c1-18-12-4-2-3-10(7-12)14(17)8-11-9-15-6-5-13(11)16/h2-4,7,11,13-17H,5-6,8-9H2,1H3. The Morgan fingerprint density at radius 2 is 2.33 bits per heavy atom. The number of piperidine rings is 1. The second-order valence-corrected chi connectivity index (χ2v) is 4.85. The molecule has 1 saturated heterocycles. The first-order valence-electron chi connectivity index (χ1n) is 6.41. The quantitative estimate of drug-likeness (QED) is 0.749. The van der Waals surface area contributed by atoms with Crippen molar-refractivity contribution < 1.29 is 14.9 Å². The summed E-state index contributed by atoms with van der Waals surface area (Å²) < 4.78 is 5.14. The van der Waals surface area contributed by atoms with Crippen molar-refractivity contribution in [3.63, 3.8) is 0 Å². The highest BCUT2D eigenvalue weighted by atomic mass is 16.5. The fraction of sp³-hybridized carbons (Fsp3) is 0.571. The normalized spacial score (nSPS) is 25.7. The second kappa shape index (κ2) is 6.18. The van der Waals surface area contributed by atoms with Gasteiger partial charge in [-0.15, -0.1) is 0 Å². The third kappa shape index (κ3) is 3.22. The van der Waals surface area contributed by atoms with Crippen molar-refractivity contribution in [2.75, 3.05) is 20.2 Å². The van der Waals surface area contributed by atoms with Crippen molar-refractivity contribution in [2.24, 2.45) is 5.92 Å². The third-order valence-electron chi connectivity index (χ3n) is 3.57. The number of rotatable bonds is 4. The zero-order valence-corrected chi connectivity index (χ0v) is 10.7. The van der Waals surface area contributed by atoms with E-state index in [0.29, 0.717) is 6.42 Å². The van der Waals surface area contributed by atoms with Gasteiger partial charge in [-0.05, 0) is 37.1 Å². The molecule has 0 aromatic heterocycles. The van der Waals surface area contributed by atoms with Gasteiger partial charge in [0.05, 0.1) is 19.3 Å². The summed E-state index contributed by atoms with van der Waals surface area (Å²) in [4.78, 5) is 0. The Bertz CT molecular complexity index is 383. The van der Waals surface area contributed by atoms with Gasteiger partial charge in [0.15, 0.2) is 0 Å². The number of hydrogen-bond acceptors (Lipinski definition) is 4. The number of aliphatic hydroxyl groups excluding tert-OH is 2. The lowest BCUT2D eigenvalue weighted by Gasteiger charge is -2.30. The molecule has 3 atom stereocenters. The zero-order valence-electron chi connectivity index (χ0n) is 10.7. The summed E-state index contributed by atoms with van der Waals surface area (Å²) in [6, 6.07) is 7.45. The number of nitrogens with one attached hydrogen (secondary N) is 1. The minimum atomic E-state index is -0.556. The summed E-state index contributed by atoms with van der Waals surface area (Å²) in [7, 11) is 1.61. The highest BCUT2D eigenvalue weighted by Crippen LogP contribution is 2.27. The minimum absolute atomic E-state index is 0.111. The first-order chi connectivity index (χ1) is 8.70. The molecule has 0 bridgehead atoms. The van der Waals surface area contributed by atoms with Gasteiger partial charge >= 0.3 is 0 Å². The Hall–Kier alpha value is -1.10. The largest absolute Gasteiger partial charge is 0.497 e. The van der Waals surface area contributed by atoms with Crippen molar-refractivity contribution in [1.29, 1.82) is 0 Å². The molecule has 1 aromatic rings. The van der Waals surface area contributed by atoms with Gasteiger partial charge < -0.3 is 20.3 Å². The van der Waals surface area contributed by atoms with E-state index in [4.69, 9.17) is 4.74 Å². The summed E-state index contributed by atoms with van der Waals surface area (Å²) in [6.45, 7) is 1.62. The van der Waals surface area contributed by atoms with Crippen molar-refractivity contribution in [3.8, 4) is 5.75 Å². The van der Waals surface area contributed by atoms with Crippen LogP contribution in [0.1, 0.15) is 24.5 Å². The fourth-order valence-corrected chi connectivity index (χ4v) is 2.42. The molecule has 0 aliphatic carbocycles. The van der Waals surface area contributed by atoms with Gasteiger partial charge in [-0.25, -0.2) is 0 Å². The maximum Gasteiger partial charge on any atom is 0.119 e. The molecule has 0 radical (unpaired) electrons. The van der Waals surface area contributed by atoms with Crippen LogP contribution >= 0.6 is 0 Å². The molecule has 3 unspecified atom stereocenters. The number of methoxy groups -OCH3 is 1. The molecule has 3 N–H and O–H groups in total. The molecule has 1 heterocycles. The topological polar surface area (TPSA) is 61.7 Å². The van der Waals surface area contributed by atoms with Gasteiger partial charge in [-0.2, -0.15) is 0 Å². The molecule has 18 heavy (non-hydrogen) atoms. The third-order valence-corrected chi connectivity index (χ3v) is 3.57. The average Bonchev–Trinajstić information content (AvgIpc) is 2.41. The monoisotopic (exact) mass is 251 g/mol. The molecule has 1 aliphatic rings. The number of hydrogen-bond donors (Lipinski definition) is 3. The molecule has 1 aliphatic heterocycles. The molecule has 4 nitrogen and oxygen atoms in total. The lowest BCUT2D eigenvalue weighted by Crippen LogP contribution is -2.40. The Balaban J connectivity index is 1.99. The van der Waals surface area contributed by atoms with Gasteiger partial charge in [0.1, 0.15) is 5.75 Å². The van der Waals surface area contributed by atoms with Crippen molar-refractivity contribution >= 4 is 0 Å². The number of aliphatic hydroxyl groups is 2. The second-order valence-electron chi connectivity index (χ2n) is 4.85. The van der Waals surface area contributed by atoms with E-state index in [1.165, 1.54) is 0 Å². The molecule has 1 aromatic carbocycles. The van der Waals surface area contributed by atoms with Crippen LogP contribution < -0.4 is 10.1 Å². The molecule has 0 amide bonds. The lowest BCUT2D eigenvalue weighted by atomic mass is 9.88. The Morgan fingerprint density at radius 1 is 1.50 bits per heavy atom. The van der Waals surface area contributed by atoms with Crippen molar-refractivity contribution in [3.05, 3.63) is 29.8 Å². The van der Waals surface area contributed by atoms with E-state index < -0.39 is 6.10 Å². The predicted octanol–water partition coefficient (Wildman–Crippen LogP) is 1.09. The van der Waals surface area contributed by atoms with Gasteiger partial charge in [-0.3, -0.25) is 0 Å². The van der Waals surface area contributed by atoms with Crippen LogP contribution in [0.3, 0.4) is 0 Å². The Kier molecular flexibility index (Phi) is 4.58. The summed E-state index contributed by atoms with van der Waals surface area (Å²) >= 11 is 0. The summed E-state index contributed by atoms with van der Waals surface area (Å²) in [5, 5.41) is 23.4. The number of benzene rings is 1.